The summed E-state index contributed by atoms with van der Waals surface area (Å²) in [5, 5.41) is 3.21. The molecule has 14 nitrogen and oxygen atoms in total. The van der Waals surface area contributed by atoms with Crippen LogP contribution in [0.5, 0.6) is 5.75 Å². The lowest BCUT2D eigenvalue weighted by Crippen LogP contribution is -2.26. The van der Waals surface area contributed by atoms with Gasteiger partial charge in [-0.15, -0.1) is 0 Å². The normalized spacial score (nSPS) is 13.3. The zero-order chi connectivity index (χ0) is 23.1. The van der Waals surface area contributed by atoms with E-state index in [-0.39, 0.29) is 11.1 Å². The minimum absolute atomic E-state index is 0.300. The molecule has 0 saturated carbocycles. The van der Waals surface area contributed by atoms with Gasteiger partial charge in [0.1, 0.15) is 4.90 Å². The molecule has 0 heterocycles. The Bertz CT molecular complexity index is 1410. The maximum absolute atomic E-state index is 13.2. The fraction of sp³-hybridized carbons (Fsp3) is 0.0667. The van der Waals surface area contributed by atoms with E-state index in [0.717, 1.165) is 18.2 Å². The van der Waals surface area contributed by atoms with Crippen LogP contribution in [0.1, 0.15) is 37.4 Å². The average molecular weight is 469 g/mol. The highest BCUT2D eigenvalue weighted by Gasteiger charge is 2.38. The Balaban J connectivity index is 2.42. The minimum atomic E-state index is -4.97. The van der Waals surface area contributed by atoms with Gasteiger partial charge in [-0.2, -0.15) is 32.9 Å². The molecule has 0 amide bonds. The van der Waals surface area contributed by atoms with Crippen LogP contribution < -0.4 is 16.6 Å². The number of hydrogen-bond donors (Lipinski definition) is 3. The maximum atomic E-state index is 13.2. The molecule has 3 rings (SSSR count). The summed E-state index contributed by atoms with van der Waals surface area (Å²) in [6.07, 6.45) is 0. The van der Waals surface area contributed by atoms with Crippen molar-refractivity contribution < 1.29 is 40.1 Å². The van der Waals surface area contributed by atoms with Crippen LogP contribution in [0.2, 0.25) is 0 Å². The number of ketones is 2. The van der Waals surface area contributed by atoms with E-state index < -0.39 is 70.6 Å². The number of rotatable bonds is 6. The van der Waals surface area contributed by atoms with Gasteiger partial charge in [0.15, 0.2) is 17.3 Å². The van der Waals surface area contributed by atoms with Crippen LogP contribution in [-0.4, -0.2) is 33.0 Å². The lowest BCUT2D eigenvalue weighted by atomic mass is 9.81. The summed E-state index contributed by atoms with van der Waals surface area (Å²) in [5.74, 6) is 7.37. The molecule has 1 aliphatic carbocycles. The summed E-state index contributed by atoms with van der Waals surface area (Å²) < 4.78 is 60.8. The number of fused-ring (bicyclic) bond motifs is 2. The summed E-state index contributed by atoms with van der Waals surface area (Å²) in [6.45, 7) is -0.722. The molecular weight excluding hydrogens is 458 g/mol. The smallest absolute Gasteiger partial charge is 0.312 e. The van der Waals surface area contributed by atoms with Gasteiger partial charge in [-0.3, -0.25) is 14.1 Å². The first-order valence-corrected chi connectivity index (χ1v) is 10.7. The molecule has 5 N–H and O–H groups in total. The highest BCUT2D eigenvalue weighted by molar-refractivity contribution is 7.86. The topological polar surface area (TPSA) is 242 Å². The van der Waals surface area contributed by atoms with Crippen molar-refractivity contribution in [2.45, 2.75) is 16.3 Å². The number of nitrogens with two attached hydrogens (primary N) is 2. The third-order valence-corrected chi connectivity index (χ3v) is 6.41. The third-order valence-electron chi connectivity index (χ3n) is 4.40. The summed E-state index contributed by atoms with van der Waals surface area (Å²) >= 11 is 0. The first-order valence-electron chi connectivity index (χ1n) is 7.89. The van der Waals surface area contributed by atoms with Crippen LogP contribution in [0.3, 0.4) is 0 Å². The van der Waals surface area contributed by atoms with Crippen LogP contribution in [0, 0.1) is 0 Å². The molecule has 0 radical (unpaired) electrons. The monoisotopic (exact) mass is 469 g/mol. The highest BCUT2D eigenvalue weighted by atomic mass is 32.2. The van der Waals surface area contributed by atoms with E-state index in [1.165, 1.54) is 0 Å². The van der Waals surface area contributed by atoms with E-state index in [1.807, 2.05) is 0 Å². The molecule has 0 saturated heterocycles. The minimum Gasteiger partial charge on any atom is -0.411 e. The molecule has 16 heteroatoms. The Hall–Kier alpha value is -3.37. The van der Waals surface area contributed by atoms with Crippen molar-refractivity contribution in [3.8, 4) is 5.75 Å². The largest absolute Gasteiger partial charge is 0.411 e. The van der Waals surface area contributed by atoms with Crippen molar-refractivity contribution in [2.75, 3.05) is 0 Å². The van der Waals surface area contributed by atoms with Gasteiger partial charge >= 0.3 is 10.1 Å². The molecule has 0 unspecified atom stereocenters. The van der Waals surface area contributed by atoms with Crippen molar-refractivity contribution in [1.29, 1.82) is 0 Å². The van der Waals surface area contributed by atoms with E-state index in [4.69, 9.17) is 17.3 Å². The summed E-state index contributed by atoms with van der Waals surface area (Å²) in [5.41, 5.74) is 6.40. The third kappa shape index (κ3) is 3.64. The molecule has 0 bridgehead atoms. The number of benzene rings is 2. The quantitative estimate of drug-likeness (QED) is 0.146. The average Bonchev–Trinajstić information content (AvgIpc) is 2.73. The molecule has 2 aromatic carbocycles. The van der Waals surface area contributed by atoms with Crippen molar-refractivity contribution in [3.63, 3.8) is 0 Å². The predicted octanol–water partition coefficient (Wildman–Crippen LogP) is 0.350. The highest BCUT2D eigenvalue weighted by Crippen LogP contribution is 2.39. The summed E-state index contributed by atoms with van der Waals surface area (Å²) in [7, 11) is -9.39. The van der Waals surface area contributed by atoms with E-state index >= 15 is 0 Å². The fourth-order valence-corrected chi connectivity index (χ4v) is 4.47. The van der Waals surface area contributed by atoms with Crippen molar-refractivity contribution >= 4 is 31.8 Å². The van der Waals surface area contributed by atoms with Crippen LogP contribution in [0.25, 0.3) is 10.4 Å². The zero-order valence-corrected chi connectivity index (χ0v) is 16.7. The first kappa shape index (κ1) is 22.3. The van der Waals surface area contributed by atoms with Gasteiger partial charge in [0.2, 0.25) is 0 Å². The van der Waals surface area contributed by atoms with Crippen LogP contribution in [0.15, 0.2) is 39.2 Å². The number of nitrogens with zero attached hydrogens (tertiary/aromatic N) is 3. The molecule has 0 aliphatic heterocycles. The van der Waals surface area contributed by atoms with Gasteiger partial charge in [-0.1, -0.05) is 5.11 Å². The van der Waals surface area contributed by atoms with Crippen LogP contribution in [0.4, 0.5) is 0 Å². The number of carbonyl (C=O) groups excluding carboxylic acids is 2. The van der Waals surface area contributed by atoms with Crippen LogP contribution in [-0.2, 0) is 31.1 Å². The Morgan fingerprint density at radius 1 is 1.03 bits per heavy atom. The Kier molecular flexibility index (Phi) is 5.55. The van der Waals surface area contributed by atoms with Gasteiger partial charge in [0.25, 0.3) is 10.1 Å². The second kappa shape index (κ2) is 7.71. The van der Waals surface area contributed by atoms with E-state index in [2.05, 4.69) is 19.1 Å². The molecule has 31 heavy (non-hydrogen) atoms. The lowest BCUT2D eigenvalue weighted by Gasteiger charge is -2.23. The molecule has 1 aliphatic rings. The Morgan fingerprint density at radius 3 is 2.23 bits per heavy atom. The molecule has 0 spiro atoms. The van der Waals surface area contributed by atoms with Crippen molar-refractivity contribution in [2.24, 2.45) is 16.9 Å². The lowest BCUT2D eigenvalue weighted by molar-refractivity contribution is 0.0974. The molecule has 0 aromatic heterocycles. The Morgan fingerprint density at radius 2 is 1.68 bits per heavy atom. The van der Waals surface area contributed by atoms with Crippen LogP contribution >= 0.6 is 0 Å². The van der Waals surface area contributed by atoms with E-state index in [0.29, 0.717) is 6.07 Å². The summed E-state index contributed by atoms with van der Waals surface area (Å²) in [4.78, 5) is 31.9. The van der Waals surface area contributed by atoms with Gasteiger partial charge in [-0.05, 0) is 29.3 Å². The van der Waals surface area contributed by atoms with Gasteiger partial charge in [-0.25, -0.2) is 0 Å². The fourth-order valence-electron chi connectivity index (χ4n) is 3.12. The molecule has 2 aromatic rings. The van der Waals surface area contributed by atoms with Crippen molar-refractivity contribution in [1.82, 2.24) is 0 Å². The van der Waals surface area contributed by atoms with E-state index in [9.17, 15) is 31.0 Å². The molecule has 0 atom stereocenters. The molecular formula is C15H11N5O9S2. The Labute approximate surface area is 173 Å². The SMILES string of the molecule is [N-]=[N+]=NCc1c(S(=O)(=O)O)cc(ON)c2c1C(=O)c1ccc(S(=O)(=O)ON)cc1C2=O. The second-order valence-corrected chi connectivity index (χ2v) is 8.96. The second-order valence-electron chi connectivity index (χ2n) is 6.00. The standard InChI is InChI=1S/C15H11N5O9S2/c16-20-19-5-9-11(30(23,24)25)4-10(28-17)13-12(9)14(21)7-2-1-6(31(26,27)29-18)3-8(7)15(13)22/h1-4H,5,17-18H2,(H,23,24,25). The van der Waals surface area contributed by atoms with Gasteiger partial charge in [0, 0.05) is 27.7 Å². The predicted molar refractivity (Wildman–Crippen MR) is 99.7 cm³/mol. The van der Waals surface area contributed by atoms with E-state index in [1.54, 1.807) is 0 Å². The zero-order valence-electron chi connectivity index (χ0n) is 15.0. The first-order chi connectivity index (χ1) is 14.5. The summed E-state index contributed by atoms with van der Waals surface area (Å²) in [6, 6.07) is 3.45. The number of azide groups is 1. The molecule has 0 fully saturated rings. The number of carbonyl (C=O) groups is 2. The maximum Gasteiger partial charge on any atom is 0.312 e. The number of hydrogen-bond acceptors (Lipinski definition) is 11. The molecule has 162 valence electrons. The van der Waals surface area contributed by atoms with Crippen molar-refractivity contribution in [3.05, 3.63) is 62.5 Å². The van der Waals surface area contributed by atoms with Gasteiger partial charge < -0.3 is 4.84 Å². The van der Waals surface area contributed by atoms with Gasteiger partial charge in [0.05, 0.1) is 17.0 Å².